The number of benzene rings is 1. The summed E-state index contributed by atoms with van der Waals surface area (Å²) in [6, 6.07) is 11.1. The Bertz CT molecular complexity index is 843. The van der Waals surface area contributed by atoms with Crippen LogP contribution in [0.2, 0.25) is 5.15 Å². The van der Waals surface area contributed by atoms with Gasteiger partial charge in [0.15, 0.2) is 11.5 Å². The molecular formula is C15H11ClN2O4. The molecule has 0 saturated heterocycles. The number of halogens is 1. The molecule has 0 saturated carbocycles. The highest BCUT2D eigenvalue weighted by Gasteiger charge is 2.18. The van der Waals surface area contributed by atoms with Gasteiger partial charge in [-0.3, -0.25) is 4.40 Å². The summed E-state index contributed by atoms with van der Waals surface area (Å²) < 4.78 is 7.09. The van der Waals surface area contributed by atoms with Gasteiger partial charge < -0.3 is 14.9 Å². The van der Waals surface area contributed by atoms with Gasteiger partial charge in [0.2, 0.25) is 0 Å². The fourth-order valence-electron chi connectivity index (χ4n) is 2.11. The largest absolute Gasteiger partial charge is 0.508 e. The summed E-state index contributed by atoms with van der Waals surface area (Å²) in [4.78, 5) is 15.4. The number of aromatic hydroxyl groups is 1. The summed E-state index contributed by atoms with van der Waals surface area (Å²) in [5, 5.41) is 18.8. The molecular weight excluding hydrogens is 308 g/mol. The molecule has 0 bridgehead atoms. The van der Waals surface area contributed by atoms with Crippen molar-refractivity contribution in [3.8, 4) is 11.5 Å². The molecule has 0 aliphatic carbocycles. The van der Waals surface area contributed by atoms with E-state index in [1.165, 1.54) is 16.5 Å². The maximum Gasteiger partial charge on any atom is 0.356 e. The van der Waals surface area contributed by atoms with Crippen LogP contribution in [0.25, 0.3) is 5.52 Å². The van der Waals surface area contributed by atoms with E-state index in [0.29, 0.717) is 22.2 Å². The molecule has 0 amide bonds. The van der Waals surface area contributed by atoms with Gasteiger partial charge in [-0.15, -0.1) is 0 Å². The average molecular weight is 319 g/mol. The Morgan fingerprint density at radius 3 is 2.64 bits per heavy atom. The molecule has 0 radical (unpaired) electrons. The van der Waals surface area contributed by atoms with Crippen molar-refractivity contribution in [3.05, 3.63) is 59.1 Å². The van der Waals surface area contributed by atoms with Crippen LogP contribution >= 0.6 is 11.6 Å². The van der Waals surface area contributed by atoms with E-state index >= 15 is 0 Å². The van der Waals surface area contributed by atoms with Gasteiger partial charge in [-0.1, -0.05) is 17.7 Å². The monoisotopic (exact) mass is 318 g/mol. The third kappa shape index (κ3) is 2.56. The van der Waals surface area contributed by atoms with Crippen LogP contribution in [-0.2, 0) is 6.61 Å². The van der Waals surface area contributed by atoms with Gasteiger partial charge in [0.05, 0.1) is 5.52 Å². The van der Waals surface area contributed by atoms with E-state index in [9.17, 15) is 15.0 Å². The lowest BCUT2D eigenvalue weighted by Gasteiger charge is -2.06. The first kappa shape index (κ1) is 14.2. The maximum atomic E-state index is 11.3. The number of nitrogens with zero attached hydrogens (tertiary/aromatic N) is 2. The second-order valence-electron chi connectivity index (χ2n) is 4.53. The van der Waals surface area contributed by atoms with Crippen LogP contribution in [0, 0.1) is 0 Å². The summed E-state index contributed by atoms with van der Waals surface area (Å²) >= 11 is 6.12. The first-order chi connectivity index (χ1) is 10.6. The Morgan fingerprint density at radius 2 is 1.95 bits per heavy atom. The predicted octanol–water partition coefficient (Wildman–Crippen LogP) is 2.97. The van der Waals surface area contributed by atoms with Crippen molar-refractivity contribution in [2.45, 2.75) is 6.61 Å². The van der Waals surface area contributed by atoms with Crippen molar-refractivity contribution in [1.82, 2.24) is 9.38 Å². The zero-order valence-electron chi connectivity index (χ0n) is 11.2. The van der Waals surface area contributed by atoms with Crippen molar-refractivity contribution in [1.29, 1.82) is 0 Å². The number of hydrogen-bond donors (Lipinski definition) is 2. The first-order valence-corrected chi connectivity index (χ1v) is 6.75. The topological polar surface area (TPSA) is 84.1 Å². The van der Waals surface area contributed by atoms with Crippen LogP contribution in [0.5, 0.6) is 11.5 Å². The Kier molecular flexibility index (Phi) is 3.60. The number of pyridine rings is 1. The third-order valence-electron chi connectivity index (χ3n) is 3.09. The zero-order valence-corrected chi connectivity index (χ0v) is 12.0. The van der Waals surface area contributed by atoms with Crippen molar-refractivity contribution < 1.29 is 19.7 Å². The standard InChI is InChI=1S/C15H11ClN2O4/c16-12-3-1-2-11-14(15(20)21)17-13(18(11)12)8-22-10-6-4-9(19)5-7-10/h1-7,19H,8H2,(H,20,21). The Morgan fingerprint density at radius 1 is 1.23 bits per heavy atom. The van der Waals surface area contributed by atoms with Gasteiger partial charge in [-0.05, 0) is 36.4 Å². The smallest absolute Gasteiger partial charge is 0.356 e. The number of carboxylic acids is 1. The normalized spacial score (nSPS) is 10.8. The second kappa shape index (κ2) is 5.57. The maximum absolute atomic E-state index is 11.3. The summed E-state index contributed by atoms with van der Waals surface area (Å²) in [6.45, 7) is 0.0446. The minimum Gasteiger partial charge on any atom is -0.508 e. The van der Waals surface area contributed by atoms with E-state index < -0.39 is 5.97 Å². The molecule has 6 nitrogen and oxygen atoms in total. The molecule has 7 heteroatoms. The van der Waals surface area contributed by atoms with E-state index in [1.54, 1.807) is 30.3 Å². The van der Waals surface area contributed by atoms with Crippen LogP contribution < -0.4 is 4.74 Å². The van der Waals surface area contributed by atoms with Crippen molar-refractivity contribution >= 4 is 23.1 Å². The number of phenolic OH excluding ortho intramolecular Hbond substituents is 1. The lowest BCUT2D eigenvalue weighted by molar-refractivity contribution is 0.0693. The number of fused-ring (bicyclic) bond motifs is 1. The number of hydrogen-bond acceptors (Lipinski definition) is 4. The molecule has 2 aromatic heterocycles. The van der Waals surface area contributed by atoms with E-state index in [0.717, 1.165) is 0 Å². The molecule has 0 atom stereocenters. The Labute approximate surface area is 130 Å². The van der Waals surface area contributed by atoms with Gasteiger partial charge in [0.25, 0.3) is 0 Å². The quantitative estimate of drug-likeness (QED) is 0.722. The SMILES string of the molecule is O=C(O)c1nc(COc2ccc(O)cc2)n2c(Cl)cccc12. The Hall–Kier alpha value is -2.73. The van der Waals surface area contributed by atoms with Crippen LogP contribution in [-0.4, -0.2) is 25.6 Å². The number of aromatic nitrogens is 2. The fraction of sp³-hybridized carbons (Fsp3) is 0.0667. The number of ether oxygens (including phenoxy) is 1. The molecule has 1 aromatic carbocycles. The lowest BCUT2D eigenvalue weighted by Crippen LogP contribution is -2.02. The van der Waals surface area contributed by atoms with Crippen molar-refractivity contribution in [3.63, 3.8) is 0 Å². The Balaban J connectivity index is 1.96. The summed E-state index contributed by atoms with van der Waals surface area (Å²) in [7, 11) is 0. The molecule has 0 unspecified atom stereocenters. The van der Waals surface area contributed by atoms with Crippen LogP contribution in [0.1, 0.15) is 16.3 Å². The van der Waals surface area contributed by atoms with Gasteiger partial charge in [0.1, 0.15) is 23.3 Å². The highest BCUT2D eigenvalue weighted by molar-refractivity contribution is 6.29. The van der Waals surface area contributed by atoms with E-state index in [2.05, 4.69) is 4.98 Å². The van der Waals surface area contributed by atoms with Gasteiger partial charge in [-0.25, -0.2) is 9.78 Å². The van der Waals surface area contributed by atoms with Crippen LogP contribution in [0.4, 0.5) is 0 Å². The molecule has 0 spiro atoms. The van der Waals surface area contributed by atoms with Crippen LogP contribution in [0.3, 0.4) is 0 Å². The third-order valence-corrected chi connectivity index (χ3v) is 3.39. The van der Waals surface area contributed by atoms with Gasteiger partial charge in [-0.2, -0.15) is 0 Å². The van der Waals surface area contributed by atoms with E-state index in [4.69, 9.17) is 16.3 Å². The van der Waals surface area contributed by atoms with E-state index in [-0.39, 0.29) is 18.1 Å². The van der Waals surface area contributed by atoms with Crippen LogP contribution in [0.15, 0.2) is 42.5 Å². The number of phenols is 1. The molecule has 0 fully saturated rings. The molecule has 3 rings (SSSR count). The van der Waals surface area contributed by atoms with Crippen molar-refractivity contribution in [2.75, 3.05) is 0 Å². The average Bonchev–Trinajstić information content (AvgIpc) is 2.87. The zero-order chi connectivity index (χ0) is 15.7. The number of carboxylic acid groups (broad SMARTS) is 1. The fourth-order valence-corrected chi connectivity index (χ4v) is 2.37. The van der Waals surface area contributed by atoms with Gasteiger partial charge >= 0.3 is 5.97 Å². The molecule has 2 heterocycles. The number of rotatable bonds is 4. The highest BCUT2D eigenvalue weighted by Crippen LogP contribution is 2.22. The molecule has 3 aromatic rings. The van der Waals surface area contributed by atoms with Crippen molar-refractivity contribution in [2.24, 2.45) is 0 Å². The minimum atomic E-state index is -1.13. The summed E-state index contributed by atoms with van der Waals surface area (Å²) in [6.07, 6.45) is 0. The molecule has 22 heavy (non-hydrogen) atoms. The molecule has 112 valence electrons. The first-order valence-electron chi connectivity index (χ1n) is 6.37. The molecule has 2 N–H and O–H groups in total. The summed E-state index contributed by atoms with van der Waals surface area (Å²) in [5.74, 6) is -0.0879. The minimum absolute atomic E-state index is 0.0446. The number of carbonyl (C=O) groups is 1. The molecule has 0 aliphatic heterocycles. The molecule has 0 aliphatic rings. The number of aromatic carboxylic acids is 1. The predicted molar refractivity (Wildman–Crippen MR) is 79.6 cm³/mol. The van der Waals surface area contributed by atoms with Gasteiger partial charge in [0, 0.05) is 0 Å². The lowest BCUT2D eigenvalue weighted by atomic mass is 10.3. The summed E-state index contributed by atoms with van der Waals surface area (Å²) in [5.41, 5.74) is 0.330. The second-order valence-corrected chi connectivity index (χ2v) is 4.92. The highest BCUT2D eigenvalue weighted by atomic mass is 35.5. The number of imidazole rings is 1. The van der Waals surface area contributed by atoms with E-state index in [1.807, 2.05) is 0 Å².